The summed E-state index contributed by atoms with van der Waals surface area (Å²) in [5.74, 6) is 0.107. The van der Waals surface area contributed by atoms with Gasteiger partial charge >= 0.3 is 111 Å². The van der Waals surface area contributed by atoms with Gasteiger partial charge in [0.2, 0.25) is 0 Å². The molecule has 0 aliphatic heterocycles. The number of hydrogen-bond acceptors (Lipinski definition) is 1. The molecule has 1 aliphatic rings. The van der Waals surface area contributed by atoms with E-state index < -0.39 is 0 Å². The fraction of sp³-hybridized carbons (Fsp3) is 0.500. The second-order valence-corrected chi connectivity index (χ2v) is 5.31. The quantitative estimate of drug-likeness (QED) is 0.853. The van der Waals surface area contributed by atoms with Gasteiger partial charge in [-0.2, -0.15) is 0 Å². The van der Waals surface area contributed by atoms with Gasteiger partial charge in [0.05, 0.1) is 0 Å². The first-order chi connectivity index (χ1) is 8.27. The molecule has 0 spiro atoms. The zero-order chi connectivity index (χ0) is 12.1. The van der Waals surface area contributed by atoms with Crippen molar-refractivity contribution in [2.75, 3.05) is 0 Å². The van der Waals surface area contributed by atoms with Crippen molar-refractivity contribution in [2.24, 2.45) is 0 Å². The molecule has 0 bridgehead atoms. The van der Waals surface area contributed by atoms with Crippen LogP contribution in [0.3, 0.4) is 0 Å². The second kappa shape index (κ2) is 5.70. The van der Waals surface area contributed by atoms with Crippen LogP contribution in [0.25, 0.3) is 0 Å². The molecule has 1 aliphatic carbocycles. The van der Waals surface area contributed by atoms with Crippen molar-refractivity contribution < 1.29 is 4.79 Å². The Hall–Kier alpha value is -0.791. The Morgan fingerprint density at radius 3 is 2.41 bits per heavy atom. The summed E-state index contributed by atoms with van der Waals surface area (Å²) in [4.78, 5) is 11.7. The van der Waals surface area contributed by atoms with Gasteiger partial charge in [-0.25, -0.2) is 0 Å². The van der Waals surface area contributed by atoms with Gasteiger partial charge < -0.3 is 0 Å². The molecular formula is C14H18NOSe. The van der Waals surface area contributed by atoms with E-state index in [4.69, 9.17) is 0 Å². The molecule has 0 heterocycles. The van der Waals surface area contributed by atoms with Crippen LogP contribution in [0.5, 0.6) is 0 Å². The van der Waals surface area contributed by atoms with Crippen LogP contribution >= 0.6 is 0 Å². The number of hydrogen-bond donors (Lipinski definition) is 1. The van der Waals surface area contributed by atoms with Crippen molar-refractivity contribution in [1.82, 2.24) is 5.32 Å². The minimum absolute atomic E-state index is 0.107. The van der Waals surface area contributed by atoms with E-state index in [1.807, 2.05) is 6.07 Å². The normalized spacial score (nSPS) is 18.6. The predicted molar refractivity (Wildman–Crippen MR) is 69.9 cm³/mol. The van der Waals surface area contributed by atoms with E-state index in [1.54, 1.807) is 0 Å². The third-order valence-electron chi connectivity index (χ3n) is 3.54. The molecule has 3 heteroatoms. The molecule has 0 atom stereocenters. The van der Waals surface area contributed by atoms with E-state index in [-0.39, 0.29) is 11.4 Å². The van der Waals surface area contributed by atoms with Gasteiger partial charge in [0.15, 0.2) is 0 Å². The monoisotopic (exact) mass is 296 g/mol. The molecule has 1 amide bonds. The van der Waals surface area contributed by atoms with E-state index in [0.29, 0.717) is 5.32 Å². The molecule has 1 aromatic rings. The van der Waals surface area contributed by atoms with Crippen LogP contribution in [0, 0.1) is 0 Å². The maximum atomic E-state index is 11.7. The molecule has 1 radical (unpaired) electrons. The van der Waals surface area contributed by atoms with E-state index >= 15 is 0 Å². The summed E-state index contributed by atoms with van der Waals surface area (Å²) in [6.45, 7) is 0. The van der Waals surface area contributed by atoms with Crippen molar-refractivity contribution in [1.29, 1.82) is 0 Å². The zero-order valence-corrected chi connectivity index (χ0v) is 11.7. The van der Waals surface area contributed by atoms with Crippen molar-refractivity contribution in [3.63, 3.8) is 0 Å². The number of carbonyl (C=O) groups is 1. The van der Waals surface area contributed by atoms with Gasteiger partial charge in [-0.05, 0) is 0 Å². The molecular weight excluding hydrogens is 277 g/mol. The summed E-state index contributed by atoms with van der Waals surface area (Å²) >= 11 is 2.79. The Morgan fingerprint density at radius 2 is 1.82 bits per heavy atom. The molecule has 1 aromatic carbocycles. The van der Waals surface area contributed by atoms with Gasteiger partial charge in [-0.1, -0.05) is 0 Å². The van der Waals surface area contributed by atoms with Gasteiger partial charge in [0.1, 0.15) is 0 Å². The summed E-state index contributed by atoms with van der Waals surface area (Å²) in [5, 5.41) is 3.67. The van der Waals surface area contributed by atoms with E-state index in [1.165, 1.54) is 24.8 Å². The minimum atomic E-state index is -0.125. The number of amides is 1. The molecule has 1 N–H and O–H groups in total. The van der Waals surface area contributed by atoms with Gasteiger partial charge in [-0.3, -0.25) is 0 Å². The summed E-state index contributed by atoms with van der Waals surface area (Å²) in [6.07, 6.45) is 5.79. The van der Waals surface area contributed by atoms with E-state index in [9.17, 15) is 4.79 Å². The van der Waals surface area contributed by atoms with Gasteiger partial charge in [0.25, 0.3) is 0 Å². The van der Waals surface area contributed by atoms with Crippen LogP contribution in [0.4, 0.5) is 0 Å². The fourth-order valence-corrected chi connectivity index (χ4v) is 2.85. The van der Waals surface area contributed by atoms with Gasteiger partial charge in [-0.15, -0.1) is 0 Å². The van der Waals surface area contributed by atoms with Crippen LogP contribution in [0.15, 0.2) is 30.3 Å². The van der Waals surface area contributed by atoms with Crippen molar-refractivity contribution >= 4 is 21.9 Å². The third kappa shape index (κ3) is 2.91. The third-order valence-corrected chi connectivity index (χ3v) is 4.09. The zero-order valence-electron chi connectivity index (χ0n) is 9.95. The molecule has 2 rings (SSSR count). The average molecular weight is 295 g/mol. The Bertz CT molecular complexity index is 371. The summed E-state index contributed by atoms with van der Waals surface area (Å²) < 4.78 is 0. The van der Waals surface area contributed by atoms with E-state index in [0.717, 1.165) is 12.8 Å². The van der Waals surface area contributed by atoms with Crippen molar-refractivity contribution in [2.45, 2.75) is 43.0 Å². The molecule has 1 fully saturated rings. The SMILES string of the molecule is O=C(C[Se])NC1(c2ccccc2)CCCCC1. The molecule has 0 unspecified atom stereocenters. The molecule has 1 saturated carbocycles. The number of rotatable bonds is 3. The standard InChI is InChI=1S/C14H18NOSe/c16-13(11-17)15-14(9-5-2-6-10-14)12-7-3-1-4-8-12/h1,3-4,7-8H,2,5-6,9-11H2,(H,15,16). The number of nitrogens with one attached hydrogen (secondary N) is 1. The molecule has 2 nitrogen and oxygen atoms in total. The fourth-order valence-electron chi connectivity index (χ4n) is 2.70. The maximum absolute atomic E-state index is 11.7. The number of benzene rings is 1. The van der Waals surface area contributed by atoms with Crippen LogP contribution in [0.1, 0.15) is 37.7 Å². The molecule has 17 heavy (non-hydrogen) atoms. The molecule has 91 valence electrons. The summed E-state index contributed by atoms with van der Waals surface area (Å²) in [7, 11) is 0. The first kappa shape index (κ1) is 12.7. The van der Waals surface area contributed by atoms with Crippen LogP contribution in [-0.4, -0.2) is 21.9 Å². The molecule has 0 saturated heterocycles. The molecule has 0 aromatic heterocycles. The Kier molecular flexibility index (Phi) is 4.25. The Labute approximate surface area is 111 Å². The first-order valence-electron chi connectivity index (χ1n) is 6.21. The van der Waals surface area contributed by atoms with Crippen LogP contribution in [-0.2, 0) is 10.3 Å². The summed E-state index contributed by atoms with van der Waals surface area (Å²) in [5.41, 5.74) is 1.13. The number of carbonyl (C=O) groups excluding carboxylic acids is 1. The Morgan fingerprint density at radius 1 is 1.18 bits per heavy atom. The van der Waals surface area contributed by atoms with Gasteiger partial charge in [0, 0.05) is 0 Å². The van der Waals surface area contributed by atoms with E-state index in [2.05, 4.69) is 45.6 Å². The second-order valence-electron chi connectivity index (χ2n) is 4.70. The predicted octanol–water partition coefficient (Wildman–Crippen LogP) is 2.55. The van der Waals surface area contributed by atoms with Crippen molar-refractivity contribution in [3.05, 3.63) is 35.9 Å². The van der Waals surface area contributed by atoms with Crippen LogP contribution in [0.2, 0.25) is 5.32 Å². The Balaban J connectivity index is 2.26. The average Bonchev–Trinajstić information content (AvgIpc) is 2.40. The van der Waals surface area contributed by atoms with Crippen molar-refractivity contribution in [3.8, 4) is 0 Å². The topological polar surface area (TPSA) is 29.1 Å². The first-order valence-corrected chi connectivity index (χ1v) is 7.43. The van der Waals surface area contributed by atoms with Crippen LogP contribution < -0.4 is 5.32 Å². The summed E-state index contributed by atoms with van der Waals surface area (Å²) in [6, 6.07) is 10.4.